The van der Waals surface area contributed by atoms with Crippen LogP contribution in [0.5, 0.6) is 0 Å². The maximum Gasteiger partial charge on any atom is 0.269 e. The molecule has 0 rings (SSSR count). The van der Waals surface area contributed by atoms with Crippen LogP contribution in [-0.4, -0.2) is 1.45 Å². The first-order valence-corrected chi connectivity index (χ1v) is 2.86. The zero-order valence-electron chi connectivity index (χ0n) is 26.5. The van der Waals surface area contributed by atoms with Gasteiger partial charge in [-0.15, -0.1) is 0 Å². The molecule has 0 aliphatic heterocycles. The summed E-state index contributed by atoms with van der Waals surface area (Å²) in [6.07, 6.45) is 0. The summed E-state index contributed by atoms with van der Waals surface area (Å²) in [6.45, 7) is 0. The van der Waals surface area contributed by atoms with Crippen LogP contribution in [-0.2, 0) is 0 Å². The largest absolute Gasteiger partial charge is 0.269 e. The molecule has 0 spiro atoms. The van der Waals surface area contributed by atoms with Crippen molar-refractivity contribution in [3.8, 4) is 0 Å². The van der Waals surface area contributed by atoms with E-state index in [2.05, 4.69) is 1.45 Å². The van der Waals surface area contributed by atoms with Gasteiger partial charge in [0.15, 0.2) is 0 Å². The van der Waals surface area contributed by atoms with Gasteiger partial charge in [0.05, 0.1) is 0 Å². The van der Waals surface area contributed by atoms with Crippen LogP contribution in [0.1, 0.15) is 14.8 Å². The average Bonchev–Trinajstić information content (AvgIpc) is 3.40. The minimum Gasteiger partial charge on any atom is -0.269 e. The molecule has 0 aliphatic carbocycles. The van der Waals surface area contributed by atoms with Gasteiger partial charge < -0.3 is 0 Å². The number of rotatable bonds is 0. The van der Waals surface area contributed by atoms with Crippen molar-refractivity contribution in [3.63, 3.8) is 0 Å². The highest BCUT2D eigenvalue weighted by Crippen LogP contribution is 1.46. The first-order valence-electron chi connectivity index (χ1n) is 8.24. The van der Waals surface area contributed by atoms with E-state index in [0.29, 0.717) is 0 Å². The van der Waals surface area contributed by atoms with Gasteiger partial charge in [-0.05, 0) is 0 Å². The first-order chi connectivity index (χ1) is 26.0. The van der Waals surface area contributed by atoms with Crippen LogP contribution in [0.3, 0.4) is 0 Å². The quantitative estimate of drug-likeness (QED) is 0.214. The van der Waals surface area contributed by atoms with Gasteiger partial charge in [-0.3, -0.25) is 4.72 Å². The predicted octanol–water partition coefficient (Wildman–Crippen LogP) is 18.2. The third kappa shape index (κ3) is 5560. The Hall–Kier alpha value is -2.87. The highest BCUT2D eigenvalue weighted by molar-refractivity contribution is 2.15. The Balaban J connectivity index is -0.00000000563. The van der Waals surface area contributed by atoms with E-state index in [-0.39, 0.29) is 0 Å². The molecule has 0 amide bonds. The maximum atomic E-state index is 8.75. The molecule has 41 heteroatoms. The van der Waals surface area contributed by atoms with Crippen LogP contribution in [0.4, 0.5) is 188 Å². The van der Waals surface area contributed by atoms with Crippen LogP contribution in [0.25, 0.3) is 0 Å². The van der Waals surface area contributed by atoms with E-state index < -0.39 is 0 Å². The van der Waals surface area contributed by atoms with Gasteiger partial charge in [0.2, 0.25) is 0 Å². The Morgan fingerprint density at radius 2 is 0.171 bits per heavy atom. The lowest BCUT2D eigenvalue weighted by Gasteiger charge is -1.00. The van der Waals surface area contributed by atoms with Gasteiger partial charge >= 0.3 is 0 Å². The zero-order valence-corrected chi connectivity index (χ0v) is 15.5. The Morgan fingerprint density at radius 1 is 0.171 bits per heavy atom. The molecule has 0 saturated carbocycles. The van der Waals surface area contributed by atoms with Crippen molar-refractivity contribution in [2.24, 2.45) is 0 Å². The van der Waals surface area contributed by atoms with E-state index in [4.69, 9.17) is 203 Å². The Bertz CT molecular complexity index is 38.7. The van der Waals surface area contributed by atoms with E-state index in [0.717, 1.165) is 0 Å². The molecule has 0 heterocycles. The third-order valence-corrected chi connectivity index (χ3v) is 0. The van der Waals surface area contributed by atoms with E-state index in [1.165, 1.54) is 0 Å². The van der Waals surface area contributed by atoms with E-state index in [1.54, 1.807) is 0 Å². The fraction of sp³-hybridized carbons (Fsp3) is 0. The van der Waals surface area contributed by atoms with Crippen LogP contribution in [0, 0.1) is 0 Å². The lowest BCUT2D eigenvalue weighted by molar-refractivity contribution is 0.108. The molecule has 0 N–H and O–H groups in total. The average molecular weight is 801 g/mol. The van der Waals surface area contributed by atoms with Crippen LogP contribution in [0.15, 0.2) is 0 Å². The Labute approximate surface area is 207 Å². The molecule has 0 fully saturated rings. The van der Waals surface area contributed by atoms with Crippen molar-refractivity contribution >= 4 is 0 Å². The van der Waals surface area contributed by atoms with E-state index in [1.807, 2.05) is 0 Å². The molecule has 0 saturated heterocycles. The third-order valence-electron chi connectivity index (χ3n) is 0. The summed E-state index contributed by atoms with van der Waals surface area (Å²) in [5, 5.41) is 0. The monoisotopic (exact) mass is 801 g/mol. The highest BCUT2D eigenvalue weighted by atomic mass is 20.0. The maximum absolute atomic E-state index is 8.75. The molecular formula is H11F41. The lowest BCUT2D eigenvalue weighted by atomic mass is 18.0. The molecule has 41 heavy (non-hydrogen) atoms. The summed E-state index contributed by atoms with van der Waals surface area (Å²) in [5.41, 5.74) is 0. The van der Waals surface area contributed by atoms with Gasteiger partial charge in [-0.2, -0.15) is 0 Å². The van der Waals surface area contributed by atoms with Crippen LogP contribution < -0.4 is 0 Å². The van der Waals surface area contributed by atoms with Gasteiger partial charge in [0, 0.05) is 198 Å². The van der Waals surface area contributed by atoms with Gasteiger partial charge in [0.25, 0.3) is 1.45 Å². The molecule has 298 valence electrons. The van der Waals surface area contributed by atoms with Crippen molar-refractivity contribution in [2.75, 3.05) is 0 Å². The van der Waals surface area contributed by atoms with E-state index in [9.17, 15) is 0 Å². The number of hydrogen-bond donors (Lipinski definition) is 0. The minimum atomic E-state index is 4.25. The molecule has 0 aliphatic rings. The highest BCUT2D eigenvalue weighted by Gasteiger charge is 1.04. The number of halogens is 41. The molecule has 0 radical (unpaired) electrons. The fourth-order valence-electron chi connectivity index (χ4n) is 0. The topological polar surface area (TPSA) is 0 Å². The normalized spacial score (nSPS) is 4.07. The summed E-state index contributed by atoms with van der Waals surface area (Å²) >= 11 is 0. The second-order valence-electron chi connectivity index (χ2n) is 0. The molecule has 0 atom stereocenters. The predicted molar refractivity (Wildman–Crippen MR) is 57.4 cm³/mol. The summed E-state index contributed by atoms with van der Waals surface area (Å²) < 4.78 is 383. The first kappa shape index (κ1) is 98.3. The number of hydrogen-bond acceptors (Lipinski definition) is 0. The standard InChI is InChI=1S/20F2.FH.5H2/c20*1-2;;;;;;/h;;;;;;;;;;;;;;;;;;;;6*1H/i;;;;;;;;;;;;;;;;;;;;;5*1+1D/hD. The second kappa shape index (κ2) is 5880. The SMILES string of the molecule is FF.FF.FF.FF.FF.FF.FF.FF.FF.FF.FF.FF.FF.FF.FF.FF.FF.FF.FF.FF.[2H]F.[2H][2H].[2H][2H].[2H][2H].[2H][2H].[2H][2H]. The van der Waals surface area contributed by atoms with Crippen molar-refractivity contribution in [1.29, 1.82) is 1.45 Å². The van der Waals surface area contributed by atoms with Gasteiger partial charge in [0.1, 0.15) is 0 Å². The summed E-state index contributed by atoms with van der Waals surface area (Å²) in [4.78, 5) is 0. The molecule has 0 bridgehead atoms. The summed E-state index contributed by atoms with van der Waals surface area (Å²) in [7, 11) is 0. The molecule has 0 aromatic carbocycles. The zero-order chi connectivity index (χ0) is 52.0. The fourth-order valence-corrected chi connectivity index (χ4v) is 0. The molecule has 0 aromatic heterocycles. The van der Waals surface area contributed by atoms with Crippen molar-refractivity contribution in [2.45, 2.75) is 0 Å². The van der Waals surface area contributed by atoms with Crippen LogP contribution >= 0.6 is 0 Å². The molecule has 0 aromatic rings. The Morgan fingerprint density at radius 3 is 0.171 bits per heavy atom. The van der Waals surface area contributed by atoms with Crippen molar-refractivity contribution in [3.05, 3.63) is 0 Å². The Kier molecular flexibility index (Phi) is 14100. The second-order valence-corrected chi connectivity index (χ2v) is 0. The van der Waals surface area contributed by atoms with E-state index >= 15 is 0 Å². The smallest absolute Gasteiger partial charge is 0.269 e. The van der Waals surface area contributed by atoms with Crippen molar-refractivity contribution in [1.82, 2.24) is 0 Å². The summed E-state index contributed by atoms with van der Waals surface area (Å²) in [6, 6.07) is 0. The van der Waals surface area contributed by atoms with Crippen molar-refractivity contribution < 1.29 is 203 Å². The molecular weight excluding hydrogens is 779 g/mol. The summed E-state index contributed by atoms with van der Waals surface area (Å²) in [5.74, 6) is 0. The molecule has 0 nitrogen and oxygen atoms in total. The minimum absolute atomic E-state index is 4.25. The molecule has 0 unspecified atom stereocenters. The lowest BCUT2D eigenvalue weighted by Crippen LogP contribution is -0.580. The van der Waals surface area contributed by atoms with Crippen LogP contribution in [0.2, 0.25) is 0 Å². The van der Waals surface area contributed by atoms with Gasteiger partial charge in [-0.25, -0.2) is 0 Å². The van der Waals surface area contributed by atoms with Gasteiger partial charge in [-0.1, -0.05) is 0 Å².